The quantitative estimate of drug-likeness (QED) is 0.150. The summed E-state index contributed by atoms with van der Waals surface area (Å²) < 4.78 is 40.3. The zero-order chi connectivity index (χ0) is 31.4. The maximum atomic E-state index is 13.3. The molecule has 0 unspecified atom stereocenters. The van der Waals surface area contributed by atoms with E-state index < -0.39 is 16.0 Å². The van der Waals surface area contributed by atoms with Crippen LogP contribution in [0.2, 0.25) is 0 Å². The molecule has 4 rings (SSSR count). The molecule has 2 aromatic heterocycles. The molecule has 4 aromatic rings. The van der Waals surface area contributed by atoms with Crippen LogP contribution in [0.4, 0.5) is 5.95 Å². The van der Waals surface area contributed by atoms with Crippen LogP contribution < -0.4 is 14.8 Å². The van der Waals surface area contributed by atoms with Crippen molar-refractivity contribution in [3.05, 3.63) is 82.0 Å². The standard InChI is InChI=1S/C30H34BrN5O6S.ClH/c1-18-8-6-9-19(2)26(18)24-13-25(41-16-21(14-30(3,4)5)32-15-22-17-42-28(31)33-22)35-29(34-24)36-43(39,40)23-11-7-10-20(12-23)27(37)38;/h6-13,17,21,32H,14-16H2,1-5H3,(H,37,38)(H,34,35,36);1H/t21-;/m1./s1. The third-order valence-electron chi connectivity index (χ3n) is 6.44. The first-order valence-electron chi connectivity index (χ1n) is 13.5. The van der Waals surface area contributed by atoms with E-state index in [1.165, 1.54) is 18.2 Å². The molecule has 0 fully saturated rings. The second-order valence-electron chi connectivity index (χ2n) is 11.4. The van der Waals surface area contributed by atoms with Crippen LogP contribution in [-0.2, 0) is 16.6 Å². The number of nitrogens with zero attached hydrogens (tertiary/aromatic N) is 3. The number of hydrogen-bond acceptors (Lipinski definition) is 9. The highest BCUT2D eigenvalue weighted by atomic mass is 79.9. The minimum atomic E-state index is -4.22. The third kappa shape index (κ3) is 9.49. The fraction of sp³-hybridized carbons (Fsp3) is 0.333. The number of carboxylic acids is 1. The number of carboxylic acid groups (broad SMARTS) is 1. The Morgan fingerprint density at radius 3 is 2.36 bits per heavy atom. The molecule has 0 radical (unpaired) electrons. The highest BCUT2D eigenvalue weighted by molar-refractivity contribution is 9.10. The number of rotatable bonds is 12. The Balaban J connectivity index is 0.00000529. The molecule has 0 aliphatic heterocycles. The van der Waals surface area contributed by atoms with Crippen molar-refractivity contribution in [2.45, 2.75) is 58.5 Å². The van der Waals surface area contributed by atoms with E-state index >= 15 is 0 Å². The molecule has 0 saturated heterocycles. The second-order valence-corrected chi connectivity index (χ2v) is 13.7. The van der Waals surface area contributed by atoms with Crippen molar-refractivity contribution in [3.63, 3.8) is 0 Å². The Bertz CT molecular complexity index is 1700. The van der Waals surface area contributed by atoms with E-state index in [-0.39, 0.29) is 52.8 Å². The van der Waals surface area contributed by atoms with Crippen LogP contribution in [0.1, 0.15) is 54.4 Å². The smallest absolute Gasteiger partial charge is 0.335 e. The SMILES string of the molecule is Cc1cccc(C)c1-c1cc(OC[C@@H](CC(C)(C)C)NCc2coc(Br)n2)nc(NS(=O)(=O)c2cccc(C(=O)O)c2)n1.Cl. The number of ether oxygens (including phenoxy) is 1. The number of nitrogens with one attached hydrogen (secondary N) is 2. The number of carbonyl (C=O) groups is 1. The maximum Gasteiger partial charge on any atom is 0.335 e. The first-order chi connectivity index (χ1) is 20.2. The molecule has 3 N–H and O–H groups in total. The number of aromatic carboxylic acids is 1. The molecule has 236 valence electrons. The highest BCUT2D eigenvalue weighted by Gasteiger charge is 2.23. The number of sulfonamides is 1. The zero-order valence-electron chi connectivity index (χ0n) is 24.9. The number of halogens is 2. The lowest BCUT2D eigenvalue weighted by Gasteiger charge is -2.26. The summed E-state index contributed by atoms with van der Waals surface area (Å²) in [5.74, 6) is -1.27. The summed E-state index contributed by atoms with van der Waals surface area (Å²) in [5, 5.41) is 12.8. The average Bonchev–Trinajstić information content (AvgIpc) is 3.34. The number of hydrogen-bond donors (Lipinski definition) is 3. The molecule has 11 nitrogen and oxygen atoms in total. The lowest BCUT2D eigenvalue weighted by atomic mass is 9.88. The van der Waals surface area contributed by atoms with Crippen LogP contribution in [0.3, 0.4) is 0 Å². The van der Waals surface area contributed by atoms with Crippen molar-refractivity contribution in [2.24, 2.45) is 5.41 Å². The Morgan fingerprint density at radius 2 is 1.75 bits per heavy atom. The molecular formula is C30H35BrClN5O6S. The third-order valence-corrected chi connectivity index (χ3v) is 8.13. The van der Waals surface area contributed by atoms with E-state index in [4.69, 9.17) is 9.15 Å². The van der Waals surface area contributed by atoms with Gasteiger partial charge in [-0.3, -0.25) is 0 Å². The molecular weight excluding hydrogens is 674 g/mol. The van der Waals surface area contributed by atoms with Gasteiger partial charge in [0.2, 0.25) is 11.8 Å². The van der Waals surface area contributed by atoms with Gasteiger partial charge in [-0.15, -0.1) is 12.4 Å². The van der Waals surface area contributed by atoms with Gasteiger partial charge >= 0.3 is 5.97 Å². The van der Waals surface area contributed by atoms with Crippen LogP contribution in [0.5, 0.6) is 5.88 Å². The predicted octanol–water partition coefficient (Wildman–Crippen LogP) is 6.41. The predicted molar refractivity (Wildman–Crippen MR) is 173 cm³/mol. The lowest BCUT2D eigenvalue weighted by molar-refractivity contribution is 0.0696. The van der Waals surface area contributed by atoms with Gasteiger partial charge in [0.1, 0.15) is 12.9 Å². The highest BCUT2D eigenvalue weighted by Crippen LogP contribution is 2.30. The van der Waals surface area contributed by atoms with Crippen molar-refractivity contribution in [1.29, 1.82) is 0 Å². The Kier molecular flexibility index (Phi) is 11.5. The van der Waals surface area contributed by atoms with Gasteiger partial charge in [0, 0.05) is 40.1 Å². The molecule has 0 aliphatic carbocycles. The molecule has 2 aromatic carbocycles. The van der Waals surface area contributed by atoms with Crippen LogP contribution >= 0.6 is 28.3 Å². The van der Waals surface area contributed by atoms with Crippen molar-refractivity contribution in [2.75, 3.05) is 11.3 Å². The number of aryl methyl sites for hydroxylation is 2. The van der Waals surface area contributed by atoms with E-state index in [0.717, 1.165) is 34.9 Å². The zero-order valence-corrected chi connectivity index (χ0v) is 28.1. The monoisotopic (exact) mass is 707 g/mol. The van der Waals surface area contributed by atoms with E-state index in [9.17, 15) is 18.3 Å². The summed E-state index contributed by atoms with van der Waals surface area (Å²) in [6, 6.07) is 12.5. The average molecular weight is 709 g/mol. The molecule has 0 aliphatic rings. The minimum Gasteiger partial charge on any atom is -0.478 e. The van der Waals surface area contributed by atoms with E-state index in [2.05, 4.69) is 61.7 Å². The normalized spacial score (nSPS) is 12.3. The van der Waals surface area contributed by atoms with Crippen molar-refractivity contribution in [1.82, 2.24) is 20.3 Å². The van der Waals surface area contributed by atoms with Crippen LogP contribution in [0, 0.1) is 19.3 Å². The molecule has 14 heteroatoms. The number of aromatic nitrogens is 3. The summed E-state index contributed by atoms with van der Waals surface area (Å²) in [4.78, 5) is 24.8. The van der Waals surface area contributed by atoms with Gasteiger partial charge in [-0.2, -0.15) is 4.98 Å². The Labute approximate surface area is 271 Å². The Hall–Kier alpha value is -3.52. The molecule has 2 heterocycles. The first-order valence-corrected chi connectivity index (χ1v) is 15.8. The summed E-state index contributed by atoms with van der Waals surface area (Å²) in [6.07, 6.45) is 2.33. The minimum absolute atomic E-state index is 0. The van der Waals surface area contributed by atoms with Gasteiger partial charge in [0.25, 0.3) is 14.8 Å². The van der Waals surface area contributed by atoms with Crippen LogP contribution in [0.15, 0.2) is 68.9 Å². The summed E-state index contributed by atoms with van der Waals surface area (Å²) in [5.41, 5.74) is 3.74. The topological polar surface area (TPSA) is 157 Å². The van der Waals surface area contributed by atoms with Crippen molar-refractivity contribution < 1.29 is 27.5 Å². The molecule has 1 atom stereocenters. The van der Waals surface area contributed by atoms with Crippen molar-refractivity contribution >= 4 is 50.3 Å². The van der Waals surface area contributed by atoms with E-state index in [0.29, 0.717) is 17.0 Å². The van der Waals surface area contributed by atoms with Gasteiger partial charge in [-0.05, 0) is 55.0 Å². The lowest BCUT2D eigenvalue weighted by Crippen LogP contribution is -2.37. The van der Waals surface area contributed by atoms with Gasteiger partial charge in [0.15, 0.2) is 0 Å². The number of anilines is 1. The van der Waals surface area contributed by atoms with Gasteiger partial charge in [-0.25, -0.2) is 27.9 Å². The number of benzene rings is 2. The largest absolute Gasteiger partial charge is 0.478 e. The van der Waals surface area contributed by atoms with Gasteiger partial charge in [-0.1, -0.05) is 45.0 Å². The molecule has 0 saturated carbocycles. The fourth-order valence-corrected chi connectivity index (χ4v) is 5.90. The van der Waals surface area contributed by atoms with Crippen LogP contribution in [0.25, 0.3) is 11.3 Å². The van der Waals surface area contributed by atoms with E-state index in [1.807, 2.05) is 32.0 Å². The van der Waals surface area contributed by atoms with E-state index in [1.54, 1.807) is 12.3 Å². The van der Waals surface area contributed by atoms with Crippen LogP contribution in [-0.4, -0.2) is 47.1 Å². The molecule has 0 bridgehead atoms. The molecule has 44 heavy (non-hydrogen) atoms. The summed E-state index contributed by atoms with van der Waals surface area (Å²) >= 11 is 3.22. The Morgan fingerprint density at radius 1 is 1.07 bits per heavy atom. The first kappa shape index (κ1) is 35.0. The summed E-state index contributed by atoms with van der Waals surface area (Å²) in [6.45, 7) is 11.0. The fourth-order valence-electron chi connectivity index (χ4n) is 4.59. The second kappa shape index (κ2) is 14.5. The molecule has 0 spiro atoms. The summed E-state index contributed by atoms with van der Waals surface area (Å²) in [7, 11) is -4.22. The van der Waals surface area contributed by atoms with Gasteiger partial charge in [0.05, 0.1) is 21.8 Å². The molecule has 0 amide bonds. The van der Waals surface area contributed by atoms with Crippen molar-refractivity contribution in [3.8, 4) is 17.1 Å². The van der Waals surface area contributed by atoms with Gasteiger partial charge < -0.3 is 19.6 Å². The number of oxazole rings is 1. The maximum absolute atomic E-state index is 13.3.